The third-order valence-electron chi connectivity index (χ3n) is 3.57. The van der Waals surface area contributed by atoms with Gasteiger partial charge in [0.05, 0.1) is 11.4 Å². The summed E-state index contributed by atoms with van der Waals surface area (Å²) in [6.45, 7) is 10.6. The molecule has 0 saturated carbocycles. The first-order valence-electron chi connectivity index (χ1n) is 6.31. The van der Waals surface area contributed by atoms with E-state index in [4.69, 9.17) is 5.73 Å². The fraction of sp³-hybridized carbons (Fsp3) is 0.467. The first-order chi connectivity index (χ1) is 7.93. The number of benzene rings is 1. The van der Waals surface area contributed by atoms with Crippen molar-refractivity contribution in [2.24, 2.45) is 0 Å². The summed E-state index contributed by atoms with van der Waals surface area (Å²) in [4.78, 5) is 0. The van der Waals surface area contributed by atoms with Crippen LogP contribution in [0.4, 0.5) is 11.4 Å². The van der Waals surface area contributed by atoms with Gasteiger partial charge in [0.25, 0.3) is 0 Å². The van der Waals surface area contributed by atoms with Crippen molar-refractivity contribution in [3.63, 3.8) is 0 Å². The van der Waals surface area contributed by atoms with Crippen molar-refractivity contribution >= 4 is 16.9 Å². The second-order valence-electron chi connectivity index (χ2n) is 5.57. The van der Waals surface area contributed by atoms with E-state index in [1.807, 2.05) is 6.07 Å². The lowest BCUT2D eigenvalue weighted by Gasteiger charge is -2.35. The highest BCUT2D eigenvalue weighted by Gasteiger charge is 2.25. The molecule has 0 aliphatic carbocycles. The van der Waals surface area contributed by atoms with Crippen LogP contribution in [-0.4, -0.2) is 5.54 Å². The molecule has 0 bridgehead atoms. The van der Waals surface area contributed by atoms with Crippen LogP contribution in [0.25, 0.3) is 5.57 Å². The Morgan fingerprint density at radius 3 is 2.82 bits per heavy atom. The monoisotopic (exact) mass is 230 g/mol. The molecule has 0 unspecified atom stereocenters. The van der Waals surface area contributed by atoms with Gasteiger partial charge in [0.15, 0.2) is 0 Å². The van der Waals surface area contributed by atoms with Gasteiger partial charge in [0.2, 0.25) is 0 Å². The molecule has 1 heterocycles. The Balaban J connectivity index is 2.43. The maximum absolute atomic E-state index is 6.15. The standard InChI is InChI=1S/C15H22N2/c1-5-10(2)12-8-11-6-7-15(3,4)17-14(11)13(16)9-12/h8-9,17H,2,5-7,16H2,1,3-4H3. The first kappa shape index (κ1) is 12.0. The second-order valence-corrected chi connectivity index (χ2v) is 5.57. The third kappa shape index (κ3) is 2.31. The molecule has 0 spiro atoms. The summed E-state index contributed by atoms with van der Waals surface area (Å²) in [6, 6.07) is 4.28. The topological polar surface area (TPSA) is 38.0 Å². The summed E-state index contributed by atoms with van der Waals surface area (Å²) in [5.41, 5.74) is 11.9. The van der Waals surface area contributed by atoms with Crippen LogP contribution in [0.15, 0.2) is 18.7 Å². The van der Waals surface area contributed by atoms with Gasteiger partial charge in [-0.25, -0.2) is 0 Å². The minimum Gasteiger partial charge on any atom is -0.397 e. The van der Waals surface area contributed by atoms with E-state index < -0.39 is 0 Å². The number of nitrogen functional groups attached to an aromatic ring is 1. The molecule has 2 nitrogen and oxygen atoms in total. The fourth-order valence-electron chi connectivity index (χ4n) is 2.33. The van der Waals surface area contributed by atoms with E-state index in [1.54, 1.807) is 0 Å². The SMILES string of the molecule is C=C(CC)c1cc(N)c2c(c1)CCC(C)(C)N2. The van der Waals surface area contributed by atoms with Gasteiger partial charge in [-0.2, -0.15) is 0 Å². The predicted octanol–water partition coefficient (Wildman–Crippen LogP) is 3.83. The summed E-state index contributed by atoms with van der Waals surface area (Å²) in [6.07, 6.45) is 3.20. The van der Waals surface area contributed by atoms with E-state index in [2.05, 4.69) is 38.7 Å². The Kier molecular flexibility index (Phi) is 2.90. The molecule has 92 valence electrons. The lowest BCUT2D eigenvalue weighted by molar-refractivity contribution is 0.502. The number of nitrogens with two attached hydrogens (primary N) is 1. The van der Waals surface area contributed by atoms with Gasteiger partial charge < -0.3 is 11.1 Å². The number of allylic oxidation sites excluding steroid dienone is 1. The van der Waals surface area contributed by atoms with Gasteiger partial charge in [-0.3, -0.25) is 0 Å². The van der Waals surface area contributed by atoms with Crippen molar-refractivity contribution in [2.45, 2.75) is 45.6 Å². The van der Waals surface area contributed by atoms with Gasteiger partial charge >= 0.3 is 0 Å². The molecule has 1 aliphatic rings. The Morgan fingerprint density at radius 1 is 1.47 bits per heavy atom. The molecular formula is C15H22N2. The number of nitrogens with one attached hydrogen (secondary N) is 1. The lowest BCUT2D eigenvalue weighted by Crippen LogP contribution is -2.35. The molecule has 17 heavy (non-hydrogen) atoms. The number of rotatable bonds is 2. The van der Waals surface area contributed by atoms with E-state index in [0.717, 1.165) is 36.2 Å². The van der Waals surface area contributed by atoms with E-state index in [0.29, 0.717) is 0 Å². The average Bonchev–Trinajstić information content (AvgIpc) is 2.28. The quantitative estimate of drug-likeness (QED) is 0.758. The number of fused-ring (bicyclic) bond motifs is 1. The molecule has 0 radical (unpaired) electrons. The minimum atomic E-state index is 0.143. The molecule has 3 N–H and O–H groups in total. The highest BCUT2D eigenvalue weighted by Crippen LogP contribution is 2.37. The zero-order valence-corrected chi connectivity index (χ0v) is 11.1. The van der Waals surface area contributed by atoms with Crippen LogP contribution in [0, 0.1) is 0 Å². The molecule has 0 fully saturated rings. The fourth-order valence-corrected chi connectivity index (χ4v) is 2.33. The lowest BCUT2D eigenvalue weighted by atomic mass is 9.87. The first-order valence-corrected chi connectivity index (χ1v) is 6.31. The molecule has 2 heteroatoms. The molecule has 2 rings (SSSR count). The molecule has 0 aromatic heterocycles. The average molecular weight is 230 g/mol. The zero-order chi connectivity index (χ0) is 12.6. The van der Waals surface area contributed by atoms with E-state index >= 15 is 0 Å². The summed E-state index contributed by atoms with van der Waals surface area (Å²) >= 11 is 0. The van der Waals surface area contributed by atoms with Crippen LogP contribution < -0.4 is 11.1 Å². The van der Waals surface area contributed by atoms with Crippen LogP contribution in [-0.2, 0) is 6.42 Å². The van der Waals surface area contributed by atoms with Crippen molar-refractivity contribution < 1.29 is 0 Å². The van der Waals surface area contributed by atoms with Crippen LogP contribution in [0.3, 0.4) is 0 Å². The van der Waals surface area contributed by atoms with Gasteiger partial charge in [-0.1, -0.05) is 13.5 Å². The van der Waals surface area contributed by atoms with Crippen LogP contribution in [0.2, 0.25) is 0 Å². The molecule has 1 aliphatic heterocycles. The number of hydrogen-bond acceptors (Lipinski definition) is 2. The van der Waals surface area contributed by atoms with Gasteiger partial charge in [-0.05, 0) is 61.9 Å². The number of anilines is 2. The van der Waals surface area contributed by atoms with Gasteiger partial charge in [0, 0.05) is 5.54 Å². The maximum atomic E-state index is 6.15. The predicted molar refractivity (Wildman–Crippen MR) is 76.2 cm³/mol. The van der Waals surface area contributed by atoms with E-state index in [9.17, 15) is 0 Å². The van der Waals surface area contributed by atoms with Crippen molar-refractivity contribution in [2.75, 3.05) is 11.1 Å². The molecule has 0 saturated heterocycles. The second kappa shape index (κ2) is 4.10. The molecule has 1 aromatic rings. The third-order valence-corrected chi connectivity index (χ3v) is 3.57. The van der Waals surface area contributed by atoms with Crippen molar-refractivity contribution in [3.8, 4) is 0 Å². The van der Waals surface area contributed by atoms with E-state index in [-0.39, 0.29) is 5.54 Å². The van der Waals surface area contributed by atoms with E-state index in [1.165, 1.54) is 11.1 Å². The maximum Gasteiger partial charge on any atom is 0.0610 e. The zero-order valence-electron chi connectivity index (χ0n) is 11.1. The summed E-state index contributed by atoms with van der Waals surface area (Å²) in [7, 11) is 0. The minimum absolute atomic E-state index is 0.143. The van der Waals surface area contributed by atoms with Crippen LogP contribution >= 0.6 is 0 Å². The van der Waals surface area contributed by atoms with Crippen molar-refractivity contribution in [1.82, 2.24) is 0 Å². The van der Waals surface area contributed by atoms with Gasteiger partial charge in [-0.15, -0.1) is 0 Å². The van der Waals surface area contributed by atoms with Gasteiger partial charge in [0.1, 0.15) is 0 Å². The highest BCUT2D eigenvalue weighted by molar-refractivity contribution is 5.78. The molecule has 1 aromatic carbocycles. The molecule has 0 amide bonds. The van der Waals surface area contributed by atoms with Crippen LogP contribution in [0.5, 0.6) is 0 Å². The van der Waals surface area contributed by atoms with Crippen molar-refractivity contribution in [1.29, 1.82) is 0 Å². The van der Waals surface area contributed by atoms with Crippen LogP contribution in [0.1, 0.15) is 44.7 Å². The Hall–Kier alpha value is -1.44. The highest BCUT2D eigenvalue weighted by atomic mass is 15.0. The largest absolute Gasteiger partial charge is 0.397 e. The Morgan fingerprint density at radius 2 is 2.18 bits per heavy atom. The number of aryl methyl sites for hydroxylation is 1. The molecule has 0 atom stereocenters. The summed E-state index contributed by atoms with van der Waals surface area (Å²) in [5.74, 6) is 0. The van der Waals surface area contributed by atoms with Crippen molar-refractivity contribution in [3.05, 3.63) is 29.8 Å². The summed E-state index contributed by atoms with van der Waals surface area (Å²) < 4.78 is 0. The Labute approximate surface area is 104 Å². The smallest absolute Gasteiger partial charge is 0.0610 e. The molecular weight excluding hydrogens is 208 g/mol. The summed E-state index contributed by atoms with van der Waals surface area (Å²) in [5, 5.41) is 3.53. The Bertz CT molecular complexity index is 458. The normalized spacial score (nSPS) is 17.1. The number of hydrogen-bond donors (Lipinski definition) is 2.